The second kappa shape index (κ2) is 3.88. The highest BCUT2D eigenvalue weighted by Gasteiger charge is 2.14. The summed E-state index contributed by atoms with van der Waals surface area (Å²) in [5.74, 6) is 1.28. The number of benzene rings is 1. The van der Waals surface area contributed by atoms with Crippen LogP contribution < -0.4 is 0 Å². The monoisotopic (exact) mass is 206 g/mol. The molecule has 0 amide bonds. The molecular formula is C11H10O2S. The van der Waals surface area contributed by atoms with E-state index in [1.807, 2.05) is 30.3 Å². The molecule has 1 aliphatic rings. The van der Waals surface area contributed by atoms with Crippen LogP contribution in [0.2, 0.25) is 0 Å². The maximum atomic E-state index is 10.9. The van der Waals surface area contributed by atoms with Crippen molar-refractivity contribution < 1.29 is 9.53 Å². The van der Waals surface area contributed by atoms with Gasteiger partial charge in [0.15, 0.2) is 0 Å². The largest absolute Gasteiger partial charge is 0.426 e. The number of hydrogen-bond donors (Lipinski definition) is 0. The third-order valence-electron chi connectivity index (χ3n) is 1.91. The van der Waals surface area contributed by atoms with Gasteiger partial charge in [0, 0.05) is 23.1 Å². The van der Waals surface area contributed by atoms with Crippen LogP contribution in [0.25, 0.3) is 5.76 Å². The Labute approximate surface area is 87.0 Å². The molecule has 0 fully saturated rings. The van der Waals surface area contributed by atoms with E-state index in [1.54, 1.807) is 11.8 Å². The molecule has 2 nitrogen and oxygen atoms in total. The topological polar surface area (TPSA) is 26.3 Å². The van der Waals surface area contributed by atoms with E-state index in [0.717, 1.165) is 11.3 Å². The predicted molar refractivity (Wildman–Crippen MR) is 56.9 cm³/mol. The highest BCUT2D eigenvalue weighted by molar-refractivity contribution is 7.99. The van der Waals surface area contributed by atoms with Gasteiger partial charge in [0.2, 0.25) is 0 Å². The molecule has 1 aromatic rings. The first-order valence-electron chi connectivity index (χ1n) is 4.38. The first-order chi connectivity index (χ1) is 6.77. The number of esters is 1. The number of rotatable bonds is 1. The standard InChI is InChI=1S/C11H10O2S/c1-8(12)13-10-6-7-14-11-5-3-2-4-9(10)11/h2-6H,7H2,1H3. The minimum atomic E-state index is -0.266. The maximum Gasteiger partial charge on any atom is 0.308 e. The van der Waals surface area contributed by atoms with Gasteiger partial charge in [-0.15, -0.1) is 11.8 Å². The number of thioether (sulfide) groups is 1. The van der Waals surface area contributed by atoms with Crippen molar-refractivity contribution in [1.82, 2.24) is 0 Å². The minimum Gasteiger partial charge on any atom is -0.426 e. The van der Waals surface area contributed by atoms with Crippen molar-refractivity contribution in [1.29, 1.82) is 0 Å². The third kappa shape index (κ3) is 1.82. The van der Waals surface area contributed by atoms with Crippen LogP contribution in [0, 0.1) is 0 Å². The molecule has 0 saturated carbocycles. The summed E-state index contributed by atoms with van der Waals surface area (Å²) in [7, 11) is 0. The number of carbonyl (C=O) groups excluding carboxylic acids is 1. The Morgan fingerprint density at radius 3 is 3.00 bits per heavy atom. The van der Waals surface area contributed by atoms with Gasteiger partial charge in [-0.3, -0.25) is 4.79 Å². The van der Waals surface area contributed by atoms with Gasteiger partial charge in [-0.25, -0.2) is 0 Å². The van der Waals surface area contributed by atoms with Crippen LogP contribution in [-0.2, 0) is 9.53 Å². The zero-order chi connectivity index (χ0) is 9.97. The SMILES string of the molecule is CC(=O)OC1=CCSc2ccccc21. The smallest absolute Gasteiger partial charge is 0.308 e. The lowest BCUT2D eigenvalue weighted by Crippen LogP contribution is -2.02. The Balaban J connectivity index is 2.35. The van der Waals surface area contributed by atoms with E-state index in [-0.39, 0.29) is 5.97 Å². The molecule has 1 aliphatic heterocycles. The molecule has 14 heavy (non-hydrogen) atoms. The van der Waals surface area contributed by atoms with Gasteiger partial charge < -0.3 is 4.74 Å². The van der Waals surface area contributed by atoms with Crippen molar-refractivity contribution in [3.8, 4) is 0 Å². The Morgan fingerprint density at radius 2 is 2.21 bits per heavy atom. The molecule has 0 N–H and O–H groups in total. The van der Waals surface area contributed by atoms with Crippen LogP contribution in [0.3, 0.4) is 0 Å². The zero-order valence-electron chi connectivity index (χ0n) is 7.82. The van der Waals surface area contributed by atoms with E-state index in [2.05, 4.69) is 0 Å². The van der Waals surface area contributed by atoms with Gasteiger partial charge in [-0.05, 0) is 12.1 Å². The lowest BCUT2D eigenvalue weighted by Gasteiger charge is -2.15. The predicted octanol–water partition coefficient (Wildman–Crippen LogP) is 2.70. The quantitative estimate of drug-likeness (QED) is 0.661. The maximum absolute atomic E-state index is 10.9. The van der Waals surface area contributed by atoms with Gasteiger partial charge in [0.1, 0.15) is 5.76 Å². The van der Waals surface area contributed by atoms with Crippen molar-refractivity contribution in [3.05, 3.63) is 35.9 Å². The number of hydrogen-bond acceptors (Lipinski definition) is 3. The summed E-state index contributed by atoms with van der Waals surface area (Å²) in [6, 6.07) is 7.94. The van der Waals surface area contributed by atoms with Crippen LogP contribution in [0.4, 0.5) is 0 Å². The summed E-state index contributed by atoms with van der Waals surface area (Å²) in [6.07, 6.45) is 1.94. The fraction of sp³-hybridized carbons (Fsp3) is 0.182. The van der Waals surface area contributed by atoms with Gasteiger partial charge in [-0.1, -0.05) is 18.2 Å². The second-order valence-corrected chi connectivity index (χ2v) is 4.03. The summed E-state index contributed by atoms with van der Waals surface area (Å²) in [6.45, 7) is 1.42. The molecule has 0 aliphatic carbocycles. The Kier molecular flexibility index (Phi) is 2.59. The molecule has 0 saturated heterocycles. The van der Waals surface area contributed by atoms with Crippen LogP contribution in [-0.4, -0.2) is 11.7 Å². The van der Waals surface area contributed by atoms with Crippen LogP contribution in [0.5, 0.6) is 0 Å². The second-order valence-electron chi connectivity index (χ2n) is 2.97. The highest BCUT2D eigenvalue weighted by atomic mass is 32.2. The summed E-state index contributed by atoms with van der Waals surface area (Å²) < 4.78 is 5.13. The molecule has 0 spiro atoms. The summed E-state index contributed by atoms with van der Waals surface area (Å²) in [5, 5.41) is 0. The number of ether oxygens (including phenoxy) is 1. The molecule has 1 heterocycles. The lowest BCUT2D eigenvalue weighted by molar-refractivity contribution is -0.134. The average Bonchev–Trinajstić information content (AvgIpc) is 2.18. The number of carbonyl (C=O) groups is 1. The molecule has 0 aromatic heterocycles. The normalized spacial score (nSPS) is 14.2. The summed E-state index contributed by atoms with van der Waals surface area (Å²) in [4.78, 5) is 12.0. The first-order valence-corrected chi connectivity index (χ1v) is 5.37. The molecule has 0 radical (unpaired) electrons. The minimum absolute atomic E-state index is 0.266. The van der Waals surface area contributed by atoms with E-state index in [4.69, 9.17) is 4.74 Å². The average molecular weight is 206 g/mol. The first kappa shape index (κ1) is 9.34. The zero-order valence-corrected chi connectivity index (χ0v) is 8.64. The van der Waals surface area contributed by atoms with Crippen LogP contribution >= 0.6 is 11.8 Å². The Morgan fingerprint density at radius 1 is 1.43 bits per heavy atom. The van der Waals surface area contributed by atoms with Crippen molar-refractivity contribution >= 4 is 23.5 Å². The van der Waals surface area contributed by atoms with E-state index in [0.29, 0.717) is 5.76 Å². The van der Waals surface area contributed by atoms with Gasteiger partial charge >= 0.3 is 5.97 Å². The van der Waals surface area contributed by atoms with E-state index in [9.17, 15) is 4.79 Å². The molecule has 2 rings (SSSR count). The molecule has 3 heteroatoms. The number of fused-ring (bicyclic) bond motifs is 1. The van der Waals surface area contributed by atoms with Crippen molar-refractivity contribution in [2.75, 3.05) is 5.75 Å². The fourth-order valence-corrected chi connectivity index (χ4v) is 2.28. The summed E-state index contributed by atoms with van der Waals surface area (Å²) >= 11 is 1.75. The van der Waals surface area contributed by atoms with Gasteiger partial charge in [0.25, 0.3) is 0 Å². The van der Waals surface area contributed by atoms with Crippen molar-refractivity contribution in [2.24, 2.45) is 0 Å². The van der Waals surface area contributed by atoms with E-state index < -0.39 is 0 Å². The fourth-order valence-electron chi connectivity index (χ4n) is 1.36. The van der Waals surface area contributed by atoms with E-state index in [1.165, 1.54) is 11.8 Å². The third-order valence-corrected chi connectivity index (χ3v) is 2.91. The van der Waals surface area contributed by atoms with Crippen molar-refractivity contribution in [2.45, 2.75) is 11.8 Å². The highest BCUT2D eigenvalue weighted by Crippen LogP contribution is 2.33. The van der Waals surface area contributed by atoms with Gasteiger partial charge in [-0.2, -0.15) is 0 Å². The van der Waals surface area contributed by atoms with Crippen LogP contribution in [0.15, 0.2) is 35.2 Å². The molecule has 1 aromatic carbocycles. The van der Waals surface area contributed by atoms with Gasteiger partial charge in [0.05, 0.1) is 0 Å². The van der Waals surface area contributed by atoms with E-state index >= 15 is 0 Å². The summed E-state index contributed by atoms with van der Waals surface area (Å²) in [5.41, 5.74) is 1.01. The van der Waals surface area contributed by atoms with Crippen molar-refractivity contribution in [3.63, 3.8) is 0 Å². The molecule has 0 bridgehead atoms. The molecule has 72 valence electrons. The molecule has 0 unspecified atom stereocenters. The Bertz CT molecular complexity index is 396. The molecular weight excluding hydrogens is 196 g/mol. The Hall–Kier alpha value is -1.22. The molecule has 0 atom stereocenters. The lowest BCUT2D eigenvalue weighted by atomic mass is 10.2. The van der Waals surface area contributed by atoms with Crippen LogP contribution in [0.1, 0.15) is 12.5 Å².